The van der Waals surface area contributed by atoms with Gasteiger partial charge in [0.25, 0.3) is 0 Å². The highest BCUT2D eigenvalue weighted by Gasteiger charge is 2.06. The molecule has 2 radical (unpaired) electrons. The predicted molar refractivity (Wildman–Crippen MR) is 40.9 cm³/mol. The molecule has 11 heavy (non-hydrogen) atoms. The summed E-state index contributed by atoms with van der Waals surface area (Å²) in [5, 5.41) is 8.40. The van der Waals surface area contributed by atoms with Gasteiger partial charge >= 0.3 is 0 Å². The Morgan fingerprint density at radius 3 is 2.64 bits per heavy atom. The third-order valence-electron chi connectivity index (χ3n) is 1.32. The summed E-state index contributed by atoms with van der Waals surface area (Å²) in [6.45, 7) is 0. The third-order valence-corrected chi connectivity index (χ3v) is 1.32. The number of nitrogens with two attached hydrogens (primary N) is 1. The van der Waals surface area contributed by atoms with Crippen molar-refractivity contribution in [1.29, 1.82) is 5.26 Å². The Bertz CT molecular complexity index is 330. The lowest BCUT2D eigenvalue weighted by atomic mass is 9.93. The highest BCUT2D eigenvalue weighted by atomic mass is 19.1. The standard InChI is InChI=1S/C7H4BFN2/c8-5-1-2-6(11)4(3-10)7(5)9/h1-2H,11H2. The number of halogens is 1. The molecule has 0 bridgehead atoms. The summed E-state index contributed by atoms with van der Waals surface area (Å²) in [5.41, 5.74) is 5.14. The summed E-state index contributed by atoms with van der Waals surface area (Å²) in [4.78, 5) is 0. The molecule has 0 aliphatic carbocycles. The highest BCUT2D eigenvalue weighted by Crippen LogP contribution is 2.11. The second-order valence-corrected chi connectivity index (χ2v) is 2.04. The molecule has 0 saturated heterocycles. The lowest BCUT2D eigenvalue weighted by molar-refractivity contribution is 0.633. The van der Waals surface area contributed by atoms with E-state index >= 15 is 0 Å². The minimum atomic E-state index is -0.743. The third kappa shape index (κ3) is 1.17. The Morgan fingerprint density at radius 1 is 1.55 bits per heavy atom. The number of nitriles is 1. The Kier molecular flexibility index (Phi) is 1.82. The van der Waals surface area contributed by atoms with Crippen LogP contribution in [0.15, 0.2) is 12.1 Å². The summed E-state index contributed by atoms with van der Waals surface area (Å²) in [6.07, 6.45) is 0. The van der Waals surface area contributed by atoms with Crippen molar-refractivity contribution in [3.05, 3.63) is 23.5 Å². The molecule has 0 unspecified atom stereocenters. The molecule has 0 spiro atoms. The lowest BCUT2D eigenvalue weighted by Gasteiger charge is -2.00. The van der Waals surface area contributed by atoms with Gasteiger partial charge < -0.3 is 5.73 Å². The van der Waals surface area contributed by atoms with Gasteiger partial charge in [0.2, 0.25) is 0 Å². The zero-order chi connectivity index (χ0) is 8.43. The van der Waals surface area contributed by atoms with E-state index < -0.39 is 5.82 Å². The maximum Gasteiger partial charge on any atom is 0.136 e. The molecule has 4 heteroatoms. The molecule has 1 aromatic rings. The van der Waals surface area contributed by atoms with Crippen LogP contribution in [0.5, 0.6) is 0 Å². The van der Waals surface area contributed by atoms with Crippen molar-refractivity contribution < 1.29 is 4.39 Å². The molecule has 0 aliphatic heterocycles. The molecule has 0 saturated carbocycles. The monoisotopic (exact) mass is 146 g/mol. The van der Waals surface area contributed by atoms with E-state index in [0.29, 0.717) is 0 Å². The van der Waals surface area contributed by atoms with Crippen LogP contribution in [0.4, 0.5) is 10.1 Å². The van der Waals surface area contributed by atoms with Crippen molar-refractivity contribution in [1.82, 2.24) is 0 Å². The Balaban J connectivity index is 3.44. The van der Waals surface area contributed by atoms with Crippen LogP contribution in [0.1, 0.15) is 5.56 Å². The summed E-state index contributed by atoms with van der Waals surface area (Å²) >= 11 is 0. The van der Waals surface area contributed by atoms with Gasteiger partial charge in [0, 0.05) is 0 Å². The number of benzene rings is 1. The van der Waals surface area contributed by atoms with E-state index in [0.717, 1.165) is 0 Å². The van der Waals surface area contributed by atoms with Crippen LogP contribution in [0.25, 0.3) is 0 Å². The molecular formula is C7H4BFN2. The summed E-state index contributed by atoms with van der Waals surface area (Å²) < 4.78 is 12.8. The Morgan fingerprint density at radius 2 is 2.18 bits per heavy atom. The van der Waals surface area contributed by atoms with Crippen molar-refractivity contribution in [2.24, 2.45) is 0 Å². The van der Waals surface area contributed by atoms with Crippen LogP contribution in [0, 0.1) is 17.1 Å². The molecule has 0 amide bonds. The van der Waals surface area contributed by atoms with Crippen molar-refractivity contribution >= 4 is 19.0 Å². The smallest absolute Gasteiger partial charge is 0.136 e. The molecule has 0 atom stereocenters. The lowest BCUT2D eigenvalue weighted by Crippen LogP contribution is -2.11. The van der Waals surface area contributed by atoms with E-state index in [4.69, 9.17) is 18.8 Å². The van der Waals surface area contributed by atoms with Gasteiger partial charge in [-0.05, 0) is 6.07 Å². The number of anilines is 1. The van der Waals surface area contributed by atoms with Crippen molar-refractivity contribution in [3.8, 4) is 6.07 Å². The zero-order valence-corrected chi connectivity index (χ0v) is 5.63. The van der Waals surface area contributed by atoms with Crippen LogP contribution < -0.4 is 11.2 Å². The number of hydrogen-bond donors (Lipinski definition) is 1. The van der Waals surface area contributed by atoms with E-state index in [2.05, 4.69) is 0 Å². The van der Waals surface area contributed by atoms with Crippen LogP contribution in [0.2, 0.25) is 0 Å². The van der Waals surface area contributed by atoms with Gasteiger partial charge in [0.05, 0.1) is 5.69 Å². The van der Waals surface area contributed by atoms with Gasteiger partial charge in [-0.2, -0.15) is 5.26 Å². The van der Waals surface area contributed by atoms with Crippen LogP contribution in [-0.4, -0.2) is 7.85 Å². The fourth-order valence-electron chi connectivity index (χ4n) is 0.721. The average Bonchev–Trinajstić information content (AvgIpc) is 1.99. The molecule has 0 aromatic heterocycles. The maximum absolute atomic E-state index is 12.8. The first kappa shape index (κ1) is 7.61. The first-order chi connectivity index (χ1) is 5.16. The number of nitrogen functional groups attached to an aromatic ring is 1. The van der Waals surface area contributed by atoms with Gasteiger partial charge in [0.1, 0.15) is 25.3 Å². The van der Waals surface area contributed by atoms with Crippen molar-refractivity contribution in [3.63, 3.8) is 0 Å². The molecule has 2 N–H and O–H groups in total. The summed E-state index contributed by atoms with van der Waals surface area (Å²) in [6, 6.07) is 4.35. The SMILES string of the molecule is [B]c1ccc(N)c(C#N)c1F. The minimum absolute atomic E-state index is 0.0595. The fraction of sp³-hybridized carbons (Fsp3) is 0. The molecule has 0 heterocycles. The van der Waals surface area contributed by atoms with Crippen LogP contribution >= 0.6 is 0 Å². The topological polar surface area (TPSA) is 49.8 Å². The van der Waals surface area contributed by atoms with Gasteiger partial charge in [-0.3, -0.25) is 0 Å². The minimum Gasteiger partial charge on any atom is -0.398 e. The molecule has 1 rings (SSSR count). The van der Waals surface area contributed by atoms with E-state index in [1.165, 1.54) is 12.1 Å². The summed E-state index contributed by atoms with van der Waals surface area (Å²) in [7, 11) is 5.18. The number of nitrogens with zero attached hydrogens (tertiary/aromatic N) is 1. The normalized spacial score (nSPS) is 9.09. The van der Waals surface area contributed by atoms with Crippen LogP contribution in [0.3, 0.4) is 0 Å². The van der Waals surface area contributed by atoms with Gasteiger partial charge in [-0.15, -0.1) is 0 Å². The maximum atomic E-state index is 12.8. The predicted octanol–water partition coefficient (Wildman–Crippen LogP) is 0.0734. The largest absolute Gasteiger partial charge is 0.398 e. The molecule has 52 valence electrons. The average molecular weight is 146 g/mol. The zero-order valence-electron chi connectivity index (χ0n) is 5.63. The highest BCUT2D eigenvalue weighted by molar-refractivity contribution is 6.32. The first-order valence-electron chi connectivity index (χ1n) is 2.90. The molecule has 1 aromatic carbocycles. The van der Waals surface area contributed by atoms with Crippen molar-refractivity contribution in [2.75, 3.05) is 5.73 Å². The Labute approximate surface area is 64.8 Å². The van der Waals surface area contributed by atoms with E-state index in [1.54, 1.807) is 6.07 Å². The van der Waals surface area contributed by atoms with E-state index in [-0.39, 0.29) is 16.7 Å². The molecule has 0 aliphatic rings. The van der Waals surface area contributed by atoms with Gasteiger partial charge in [0.15, 0.2) is 0 Å². The van der Waals surface area contributed by atoms with E-state index in [1.807, 2.05) is 0 Å². The van der Waals surface area contributed by atoms with E-state index in [9.17, 15) is 4.39 Å². The van der Waals surface area contributed by atoms with Crippen LogP contribution in [-0.2, 0) is 0 Å². The molecule has 2 nitrogen and oxygen atoms in total. The number of rotatable bonds is 0. The van der Waals surface area contributed by atoms with Gasteiger partial charge in [-0.1, -0.05) is 11.5 Å². The molecule has 0 fully saturated rings. The number of hydrogen-bond acceptors (Lipinski definition) is 2. The fourth-order valence-corrected chi connectivity index (χ4v) is 0.721. The molecular weight excluding hydrogens is 142 g/mol. The Hall–Kier alpha value is -1.50. The summed E-state index contributed by atoms with van der Waals surface area (Å²) in [5.74, 6) is -0.743. The van der Waals surface area contributed by atoms with Crippen molar-refractivity contribution in [2.45, 2.75) is 0 Å². The first-order valence-corrected chi connectivity index (χ1v) is 2.90. The second-order valence-electron chi connectivity index (χ2n) is 2.04. The van der Waals surface area contributed by atoms with Gasteiger partial charge in [-0.25, -0.2) is 4.39 Å². The quantitative estimate of drug-likeness (QED) is 0.416. The second kappa shape index (κ2) is 2.63.